The molecule has 1 saturated carbocycles. The maximum absolute atomic E-state index is 10.8. The Morgan fingerprint density at radius 3 is 2.33 bits per heavy atom. The van der Waals surface area contributed by atoms with Gasteiger partial charge in [0.25, 0.3) is 0 Å². The molecule has 1 aliphatic rings. The fraction of sp³-hybridized carbons (Fsp3) is 0.200. The second-order valence-electron chi connectivity index (χ2n) is 4.84. The van der Waals surface area contributed by atoms with E-state index < -0.39 is 5.97 Å². The lowest BCUT2D eigenvalue weighted by molar-refractivity contribution is 0.0696. The van der Waals surface area contributed by atoms with Crippen LogP contribution in [0.3, 0.4) is 0 Å². The number of nitriles is 1. The van der Waals surface area contributed by atoms with E-state index in [-0.39, 0.29) is 5.56 Å². The summed E-state index contributed by atoms with van der Waals surface area (Å²) in [5.74, 6) is -0.565. The van der Waals surface area contributed by atoms with Crippen molar-refractivity contribution >= 4 is 17.6 Å². The highest BCUT2D eigenvalue weighted by atomic mass is 16.4. The SMILES string of the molecule is N#Cc1ccc(N(c2ncc(C(=O)O)cn2)C2CC2)cc1. The van der Waals surface area contributed by atoms with Crippen LogP contribution in [0.1, 0.15) is 28.8 Å². The van der Waals surface area contributed by atoms with Gasteiger partial charge in [-0.05, 0) is 37.1 Å². The highest BCUT2D eigenvalue weighted by Gasteiger charge is 2.32. The standard InChI is InChI=1S/C15H12N4O2/c16-7-10-1-3-12(4-2-10)19(13-5-6-13)15-17-8-11(9-18-15)14(20)21/h1-4,8-9,13H,5-6H2,(H,20,21). The van der Waals surface area contributed by atoms with Gasteiger partial charge in [0.15, 0.2) is 0 Å². The van der Waals surface area contributed by atoms with Gasteiger partial charge in [0, 0.05) is 24.1 Å². The minimum absolute atomic E-state index is 0.0642. The molecule has 1 aromatic carbocycles. The molecule has 1 heterocycles. The molecule has 6 nitrogen and oxygen atoms in total. The van der Waals surface area contributed by atoms with Crippen LogP contribution in [0.25, 0.3) is 0 Å². The van der Waals surface area contributed by atoms with Gasteiger partial charge in [-0.2, -0.15) is 5.26 Å². The Bertz CT molecular complexity index is 700. The predicted octanol–water partition coefficient (Wildman–Crippen LogP) is 2.35. The molecule has 1 fully saturated rings. The summed E-state index contributed by atoms with van der Waals surface area (Å²) in [5.41, 5.74) is 1.56. The van der Waals surface area contributed by atoms with Crippen molar-refractivity contribution in [2.45, 2.75) is 18.9 Å². The van der Waals surface area contributed by atoms with Crippen LogP contribution in [0.15, 0.2) is 36.7 Å². The fourth-order valence-corrected chi connectivity index (χ4v) is 2.07. The Morgan fingerprint density at radius 1 is 1.24 bits per heavy atom. The maximum Gasteiger partial charge on any atom is 0.338 e. The van der Waals surface area contributed by atoms with Gasteiger partial charge in [0.1, 0.15) is 0 Å². The lowest BCUT2D eigenvalue weighted by Crippen LogP contribution is -2.22. The van der Waals surface area contributed by atoms with Crippen molar-refractivity contribution < 1.29 is 9.90 Å². The molecule has 0 aliphatic heterocycles. The van der Waals surface area contributed by atoms with Crippen molar-refractivity contribution in [1.29, 1.82) is 5.26 Å². The molecule has 1 aromatic heterocycles. The Morgan fingerprint density at radius 2 is 1.86 bits per heavy atom. The third-order valence-electron chi connectivity index (χ3n) is 3.29. The summed E-state index contributed by atoms with van der Waals surface area (Å²) in [6, 6.07) is 9.61. The third kappa shape index (κ3) is 2.67. The van der Waals surface area contributed by atoms with Crippen LogP contribution in [-0.2, 0) is 0 Å². The number of aromatic carboxylic acids is 1. The molecule has 6 heteroatoms. The first kappa shape index (κ1) is 13.1. The number of carbonyl (C=O) groups is 1. The second-order valence-corrected chi connectivity index (χ2v) is 4.84. The first-order valence-electron chi connectivity index (χ1n) is 6.54. The monoisotopic (exact) mass is 280 g/mol. The van der Waals surface area contributed by atoms with Gasteiger partial charge in [-0.3, -0.25) is 0 Å². The molecule has 0 amide bonds. The van der Waals surface area contributed by atoms with Crippen molar-refractivity contribution in [3.63, 3.8) is 0 Å². The third-order valence-corrected chi connectivity index (χ3v) is 3.29. The van der Waals surface area contributed by atoms with Gasteiger partial charge in [-0.25, -0.2) is 14.8 Å². The predicted molar refractivity (Wildman–Crippen MR) is 75.3 cm³/mol. The number of carboxylic acid groups (broad SMARTS) is 1. The highest BCUT2D eigenvalue weighted by Crippen LogP contribution is 2.36. The van der Waals surface area contributed by atoms with Crippen LogP contribution < -0.4 is 4.90 Å². The summed E-state index contributed by atoms with van der Waals surface area (Å²) in [5, 5.41) is 17.7. The smallest absolute Gasteiger partial charge is 0.338 e. The van der Waals surface area contributed by atoms with Crippen LogP contribution in [-0.4, -0.2) is 27.1 Å². The zero-order chi connectivity index (χ0) is 14.8. The molecule has 0 radical (unpaired) electrons. The molecule has 0 atom stereocenters. The van der Waals surface area contributed by atoms with Crippen molar-refractivity contribution in [3.05, 3.63) is 47.8 Å². The Labute approximate surface area is 121 Å². The minimum Gasteiger partial charge on any atom is -0.478 e. The van der Waals surface area contributed by atoms with E-state index in [0.717, 1.165) is 18.5 Å². The summed E-state index contributed by atoms with van der Waals surface area (Å²) in [7, 11) is 0. The molecule has 0 spiro atoms. The van der Waals surface area contributed by atoms with Crippen LogP contribution in [0, 0.1) is 11.3 Å². The average Bonchev–Trinajstić information content (AvgIpc) is 3.33. The molecule has 1 N–H and O–H groups in total. The van der Waals surface area contributed by atoms with Gasteiger partial charge in [0.2, 0.25) is 5.95 Å². The van der Waals surface area contributed by atoms with Crippen LogP contribution in [0.2, 0.25) is 0 Å². The Balaban J connectivity index is 1.94. The minimum atomic E-state index is -1.04. The summed E-state index contributed by atoms with van der Waals surface area (Å²) in [6.45, 7) is 0. The van der Waals surface area contributed by atoms with E-state index >= 15 is 0 Å². The van der Waals surface area contributed by atoms with E-state index in [1.54, 1.807) is 12.1 Å². The molecule has 21 heavy (non-hydrogen) atoms. The highest BCUT2D eigenvalue weighted by molar-refractivity contribution is 5.86. The van der Waals surface area contributed by atoms with Crippen molar-refractivity contribution in [1.82, 2.24) is 9.97 Å². The summed E-state index contributed by atoms with van der Waals surface area (Å²) in [4.78, 5) is 21.1. The number of rotatable bonds is 4. The molecule has 104 valence electrons. The number of aromatic nitrogens is 2. The molecule has 3 rings (SSSR count). The molecule has 2 aromatic rings. The van der Waals surface area contributed by atoms with E-state index in [2.05, 4.69) is 16.0 Å². The fourth-order valence-electron chi connectivity index (χ4n) is 2.07. The molecule has 0 bridgehead atoms. The Kier molecular flexibility index (Phi) is 3.24. The number of hydrogen-bond donors (Lipinski definition) is 1. The van der Waals surface area contributed by atoms with Crippen molar-refractivity contribution in [3.8, 4) is 6.07 Å². The first-order valence-corrected chi connectivity index (χ1v) is 6.54. The van der Waals surface area contributed by atoms with Crippen LogP contribution in [0.5, 0.6) is 0 Å². The lowest BCUT2D eigenvalue weighted by atomic mass is 10.2. The van der Waals surface area contributed by atoms with E-state index in [9.17, 15) is 4.79 Å². The van der Waals surface area contributed by atoms with Gasteiger partial charge in [0.05, 0.1) is 17.2 Å². The second kappa shape index (κ2) is 5.21. The zero-order valence-electron chi connectivity index (χ0n) is 11.1. The van der Waals surface area contributed by atoms with Crippen LogP contribution >= 0.6 is 0 Å². The molecule has 0 unspecified atom stereocenters. The first-order chi connectivity index (χ1) is 10.2. The normalized spacial score (nSPS) is 13.5. The van der Waals surface area contributed by atoms with Crippen molar-refractivity contribution in [2.75, 3.05) is 4.90 Å². The van der Waals surface area contributed by atoms with Gasteiger partial charge in [-0.15, -0.1) is 0 Å². The zero-order valence-corrected chi connectivity index (χ0v) is 11.1. The lowest BCUT2D eigenvalue weighted by Gasteiger charge is -2.22. The van der Waals surface area contributed by atoms with Crippen molar-refractivity contribution in [2.24, 2.45) is 0 Å². The Hall–Kier alpha value is -2.94. The number of benzene rings is 1. The van der Waals surface area contributed by atoms with E-state index in [1.165, 1.54) is 12.4 Å². The summed E-state index contributed by atoms with van der Waals surface area (Å²) < 4.78 is 0. The summed E-state index contributed by atoms with van der Waals surface area (Å²) in [6.07, 6.45) is 4.71. The number of nitrogens with zero attached hydrogens (tertiary/aromatic N) is 4. The van der Waals surface area contributed by atoms with E-state index in [1.807, 2.05) is 17.0 Å². The molecule has 0 saturated heterocycles. The van der Waals surface area contributed by atoms with Gasteiger partial charge < -0.3 is 10.0 Å². The molecular formula is C15H12N4O2. The van der Waals surface area contributed by atoms with E-state index in [4.69, 9.17) is 10.4 Å². The largest absolute Gasteiger partial charge is 0.478 e. The molecular weight excluding hydrogens is 268 g/mol. The number of carboxylic acids is 1. The van der Waals surface area contributed by atoms with E-state index in [0.29, 0.717) is 17.6 Å². The van der Waals surface area contributed by atoms with Gasteiger partial charge in [-0.1, -0.05) is 0 Å². The number of anilines is 2. The van der Waals surface area contributed by atoms with Gasteiger partial charge >= 0.3 is 5.97 Å². The quantitative estimate of drug-likeness (QED) is 0.924. The van der Waals surface area contributed by atoms with Crippen LogP contribution in [0.4, 0.5) is 11.6 Å². The average molecular weight is 280 g/mol. The topological polar surface area (TPSA) is 90.1 Å². The number of hydrogen-bond acceptors (Lipinski definition) is 5. The maximum atomic E-state index is 10.8. The molecule has 1 aliphatic carbocycles. The summed E-state index contributed by atoms with van der Waals surface area (Å²) >= 11 is 0.